The van der Waals surface area contributed by atoms with Crippen molar-refractivity contribution in [3.63, 3.8) is 0 Å². The normalized spacial score (nSPS) is 19.1. The van der Waals surface area contributed by atoms with Gasteiger partial charge in [-0.3, -0.25) is 4.79 Å². The summed E-state index contributed by atoms with van der Waals surface area (Å²) in [5.41, 5.74) is 0.713. The van der Waals surface area contributed by atoms with Crippen molar-refractivity contribution in [3.05, 3.63) is 42.2 Å². The Morgan fingerprint density at radius 2 is 2.17 bits per heavy atom. The molecule has 2 heterocycles. The molecule has 0 saturated carbocycles. The van der Waals surface area contributed by atoms with Crippen LogP contribution in [0, 0.1) is 5.92 Å². The van der Waals surface area contributed by atoms with E-state index in [1.165, 1.54) is 6.42 Å². The minimum absolute atomic E-state index is 0.113. The van der Waals surface area contributed by atoms with Gasteiger partial charge in [-0.2, -0.15) is 0 Å². The zero-order valence-corrected chi connectivity index (χ0v) is 14.3. The molecule has 0 N–H and O–H groups in total. The first-order chi connectivity index (χ1) is 11.6. The van der Waals surface area contributed by atoms with E-state index in [1.54, 1.807) is 10.9 Å². The molecule has 1 aromatic heterocycles. The van der Waals surface area contributed by atoms with Gasteiger partial charge in [0, 0.05) is 13.1 Å². The number of hydrogen-bond acceptors (Lipinski definition) is 4. The molecule has 6 nitrogen and oxygen atoms in total. The molecule has 3 rings (SSSR count). The molecular weight excluding hydrogens is 304 g/mol. The fourth-order valence-corrected chi connectivity index (χ4v) is 3.01. The van der Waals surface area contributed by atoms with Crippen LogP contribution in [0.3, 0.4) is 0 Å². The molecule has 1 saturated heterocycles. The van der Waals surface area contributed by atoms with Gasteiger partial charge in [0.2, 0.25) is 5.91 Å². The number of carbonyl (C=O) groups is 1. The summed E-state index contributed by atoms with van der Waals surface area (Å²) >= 11 is 0. The van der Waals surface area contributed by atoms with Crippen molar-refractivity contribution >= 4 is 5.91 Å². The Balaban J connectivity index is 1.58. The number of rotatable bonds is 5. The van der Waals surface area contributed by atoms with Gasteiger partial charge in [-0.15, -0.1) is 5.10 Å². The fourth-order valence-electron chi connectivity index (χ4n) is 3.01. The third-order valence-electron chi connectivity index (χ3n) is 4.41. The minimum Gasteiger partial charge on any atom is -0.487 e. The number of likely N-dealkylation sites (tertiary alicyclic amines) is 1. The van der Waals surface area contributed by atoms with E-state index < -0.39 is 0 Å². The van der Waals surface area contributed by atoms with E-state index in [2.05, 4.69) is 17.2 Å². The molecule has 1 aliphatic rings. The fraction of sp³-hybridized carbons (Fsp3) is 0.500. The summed E-state index contributed by atoms with van der Waals surface area (Å²) in [6.45, 7) is 6.08. The maximum Gasteiger partial charge on any atom is 0.247 e. The van der Waals surface area contributed by atoms with E-state index in [0.717, 1.165) is 25.3 Å². The summed E-state index contributed by atoms with van der Waals surface area (Å²) in [6.07, 6.45) is 4.06. The van der Waals surface area contributed by atoms with Crippen molar-refractivity contribution < 1.29 is 9.53 Å². The van der Waals surface area contributed by atoms with E-state index in [4.69, 9.17) is 4.74 Å². The van der Waals surface area contributed by atoms with Crippen LogP contribution in [0.4, 0.5) is 0 Å². The van der Waals surface area contributed by atoms with Crippen LogP contribution >= 0.6 is 0 Å². The van der Waals surface area contributed by atoms with Crippen LogP contribution < -0.4 is 4.74 Å². The number of nitrogens with zero attached hydrogens (tertiary/aromatic N) is 4. The highest BCUT2D eigenvalue weighted by atomic mass is 16.5. The number of aromatic nitrogens is 3. The molecule has 0 radical (unpaired) electrons. The van der Waals surface area contributed by atoms with Gasteiger partial charge in [0.05, 0.1) is 6.20 Å². The maximum absolute atomic E-state index is 12.6. The van der Waals surface area contributed by atoms with Crippen LogP contribution in [0.2, 0.25) is 0 Å². The molecule has 0 aliphatic carbocycles. The average molecular weight is 328 g/mol. The average Bonchev–Trinajstić information content (AvgIpc) is 3.08. The van der Waals surface area contributed by atoms with Crippen LogP contribution in [-0.4, -0.2) is 38.9 Å². The Kier molecular flexibility index (Phi) is 5.13. The van der Waals surface area contributed by atoms with E-state index in [9.17, 15) is 4.79 Å². The number of para-hydroxylation sites is 1. The molecule has 0 bridgehead atoms. The second-order valence-electron chi connectivity index (χ2n) is 6.50. The van der Waals surface area contributed by atoms with Gasteiger partial charge >= 0.3 is 0 Å². The molecule has 1 aromatic carbocycles. The first-order valence-corrected chi connectivity index (χ1v) is 8.51. The van der Waals surface area contributed by atoms with Crippen molar-refractivity contribution in [1.82, 2.24) is 19.9 Å². The van der Waals surface area contributed by atoms with Crippen molar-refractivity contribution in [3.8, 4) is 5.75 Å². The van der Waals surface area contributed by atoms with Crippen molar-refractivity contribution in [2.45, 2.75) is 39.3 Å². The van der Waals surface area contributed by atoms with Crippen LogP contribution in [-0.2, 0) is 11.4 Å². The smallest absolute Gasteiger partial charge is 0.247 e. The monoisotopic (exact) mass is 328 g/mol. The lowest BCUT2D eigenvalue weighted by atomic mass is 10.00. The van der Waals surface area contributed by atoms with Crippen LogP contribution in [0.1, 0.15) is 38.4 Å². The topological polar surface area (TPSA) is 60.2 Å². The standard InChI is InChI=1S/C18H24N4O2/c1-14-7-6-10-21(11-14)18(23)15(2)22-12-16(19-20-22)13-24-17-8-4-3-5-9-17/h3-5,8-9,12,14-15H,6-7,10-11,13H2,1-2H3/t14-,15-/m0/s1. The number of piperidine rings is 1. The second kappa shape index (κ2) is 7.47. The lowest BCUT2D eigenvalue weighted by Gasteiger charge is -2.32. The molecule has 6 heteroatoms. The molecular formula is C18H24N4O2. The van der Waals surface area contributed by atoms with Gasteiger partial charge in [-0.1, -0.05) is 30.3 Å². The van der Waals surface area contributed by atoms with Crippen LogP contribution in [0.25, 0.3) is 0 Å². The highest BCUT2D eigenvalue weighted by Gasteiger charge is 2.26. The van der Waals surface area contributed by atoms with Gasteiger partial charge in [0.15, 0.2) is 0 Å². The van der Waals surface area contributed by atoms with Crippen molar-refractivity contribution in [2.24, 2.45) is 5.92 Å². The summed E-state index contributed by atoms with van der Waals surface area (Å²) < 4.78 is 7.30. The first-order valence-electron chi connectivity index (χ1n) is 8.51. The Morgan fingerprint density at radius 1 is 1.38 bits per heavy atom. The Hall–Kier alpha value is -2.37. The van der Waals surface area contributed by atoms with E-state index in [1.807, 2.05) is 42.2 Å². The molecule has 1 amide bonds. The summed E-state index contributed by atoms with van der Waals surface area (Å²) in [7, 11) is 0. The Labute approximate surface area is 142 Å². The second-order valence-corrected chi connectivity index (χ2v) is 6.50. The Morgan fingerprint density at radius 3 is 2.92 bits per heavy atom. The molecule has 0 spiro atoms. The van der Waals surface area contributed by atoms with Gasteiger partial charge in [0.25, 0.3) is 0 Å². The third-order valence-corrected chi connectivity index (χ3v) is 4.41. The zero-order valence-electron chi connectivity index (χ0n) is 14.3. The maximum atomic E-state index is 12.6. The summed E-state index contributed by atoms with van der Waals surface area (Å²) in [4.78, 5) is 14.6. The molecule has 1 fully saturated rings. The van der Waals surface area contributed by atoms with Crippen LogP contribution in [0.5, 0.6) is 5.75 Å². The van der Waals surface area contributed by atoms with E-state index in [-0.39, 0.29) is 11.9 Å². The van der Waals surface area contributed by atoms with E-state index in [0.29, 0.717) is 18.2 Å². The summed E-state index contributed by atoms with van der Waals surface area (Å²) in [6, 6.07) is 9.24. The number of amides is 1. The minimum atomic E-state index is -0.340. The molecule has 2 aromatic rings. The number of benzene rings is 1. The largest absolute Gasteiger partial charge is 0.487 e. The number of ether oxygens (including phenoxy) is 1. The molecule has 24 heavy (non-hydrogen) atoms. The third kappa shape index (κ3) is 3.93. The lowest BCUT2D eigenvalue weighted by Crippen LogP contribution is -2.42. The summed E-state index contributed by atoms with van der Waals surface area (Å²) in [5.74, 6) is 1.47. The van der Waals surface area contributed by atoms with Gasteiger partial charge < -0.3 is 9.64 Å². The Bertz CT molecular complexity index is 671. The number of carbonyl (C=O) groups excluding carboxylic acids is 1. The molecule has 128 valence electrons. The predicted molar refractivity (Wildman–Crippen MR) is 90.5 cm³/mol. The highest BCUT2D eigenvalue weighted by molar-refractivity contribution is 5.80. The van der Waals surface area contributed by atoms with Gasteiger partial charge in [-0.05, 0) is 37.8 Å². The number of hydrogen-bond donors (Lipinski definition) is 0. The SMILES string of the molecule is C[C@H]1CCCN(C(=O)[C@H](C)n2cc(COc3ccccc3)nn2)C1. The molecule has 2 atom stereocenters. The molecule has 1 aliphatic heterocycles. The lowest BCUT2D eigenvalue weighted by molar-refractivity contribution is -0.136. The first kappa shape index (κ1) is 16.5. The highest BCUT2D eigenvalue weighted by Crippen LogP contribution is 2.19. The zero-order chi connectivity index (χ0) is 16.9. The van der Waals surface area contributed by atoms with Gasteiger partial charge in [-0.25, -0.2) is 4.68 Å². The van der Waals surface area contributed by atoms with Crippen LogP contribution in [0.15, 0.2) is 36.5 Å². The predicted octanol–water partition coefficient (Wildman–Crippen LogP) is 2.68. The van der Waals surface area contributed by atoms with Crippen molar-refractivity contribution in [2.75, 3.05) is 13.1 Å². The van der Waals surface area contributed by atoms with E-state index >= 15 is 0 Å². The quantitative estimate of drug-likeness (QED) is 0.846. The van der Waals surface area contributed by atoms with Crippen molar-refractivity contribution in [1.29, 1.82) is 0 Å². The van der Waals surface area contributed by atoms with Gasteiger partial charge in [0.1, 0.15) is 24.1 Å². The molecule has 0 unspecified atom stereocenters. The summed E-state index contributed by atoms with van der Waals surface area (Å²) in [5, 5.41) is 8.21.